The molecule has 0 aliphatic carbocycles. The second-order valence-corrected chi connectivity index (χ2v) is 4.86. The van der Waals surface area contributed by atoms with Crippen LogP contribution in [0.25, 0.3) is 0 Å². The maximum Gasteiger partial charge on any atom is 0.325 e. The van der Waals surface area contributed by atoms with E-state index in [1.54, 1.807) is 6.92 Å². The van der Waals surface area contributed by atoms with E-state index in [2.05, 4.69) is 21.2 Å². The van der Waals surface area contributed by atoms with Gasteiger partial charge in [0.1, 0.15) is 5.54 Å². The molecule has 1 aromatic rings. The van der Waals surface area contributed by atoms with E-state index in [-0.39, 0.29) is 11.9 Å². The van der Waals surface area contributed by atoms with Crippen LogP contribution in [0.15, 0.2) is 30.3 Å². The molecule has 5 heteroatoms. The van der Waals surface area contributed by atoms with Gasteiger partial charge in [0, 0.05) is 11.9 Å². The molecule has 17 heavy (non-hydrogen) atoms. The summed E-state index contributed by atoms with van der Waals surface area (Å²) in [4.78, 5) is 25.2. The van der Waals surface area contributed by atoms with E-state index in [1.807, 2.05) is 30.3 Å². The number of imide groups is 1. The summed E-state index contributed by atoms with van der Waals surface area (Å²) in [6, 6.07) is 8.94. The van der Waals surface area contributed by atoms with Crippen molar-refractivity contribution in [2.45, 2.75) is 12.5 Å². The number of hydrogen-bond acceptors (Lipinski definition) is 2. The van der Waals surface area contributed by atoms with Gasteiger partial charge >= 0.3 is 6.03 Å². The molecule has 1 aliphatic heterocycles. The van der Waals surface area contributed by atoms with Crippen LogP contribution in [0.5, 0.6) is 0 Å². The molecule has 1 atom stereocenters. The number of carbonyl (C=O) groups is 2. The van der Waals surface area contributed by atoms with Crippen LogP contribution in [0, 0.1) is 0 Å². The van der Waals surface area contributed by atoms with E-state index in [0.29, 0.717) is 11.9 Å². The maximum absolute atomic E-state index is 12.2. The number of benzene rings is 1. The third-order valence-corrected chi connectivity index (χ3v) is 3.29. The summed E-state index contributed by atoms with van der Waals surface area (Å²) in [6.45, 7) is 2.11. The van der Waals surface area contributed by atoms with Crippen molar-refractivity contribution in [1.82, 2.24) is 10.2 Å². The first-order valence-corrected chi connectivity index (χ1v) is 6.47. The van der Waals surface area contributed by atoms with Gasteiger partial charge in [0.2, 0.25) is 0 Å². The average Bonchev–Trinajstić information content (AvgIpc) is 2.56. The van der Waals surface area contributed by atoms with Crippen LogP contribution in [0.3, 0.4) is 0 Å². The Hall–Kier alpha value is -1.36. The minimum atomic E-state index is -0.944. The zero-order chi connectivity index (χ0) is 12.5. The van der Waals surface area contributed by atoms with Crippen molar-refractivity contribution in [1.29, 1.82) is 0 Å². The van der Waals surface area contributed by atoms with Crippen molar-refractivity contribution in [3.8, 4) is 0 Å². The molecule has 0 aromatic heterocycles. The molecule has 1 aromatic carbocycles. The highest BCUT2D eigenvalue weighted by Gasteiger charge is 2.48. The zero-order valence-corrected chi connectivity index (χ0v) is 11.0. The molecule has 0 saturated carbocycles. The number of halogens is 1. The molecule has 1 fully saturated rings. The van der Waals surface area contributed by atoms with Crippen LogP contribution in [-0.4, -0.2) is 28.7 Å². The Morgan fingerprint density at radius 1 is 1.29 bits per heavy atom. The number of rotatable bonds is 3. The lowest BCUT2D eigenvalue weighted by atomic mass is 9.92. The van der Waals surface area contributed by atoms with Gasteiger partial charge in [-0.25, -0.2) is 4.79 Å². The van der Waals surface area contributed by atoms with Crippen molar-refractivity contribution >= 4 is 27.9 Å². The number of carbonyl (C=O) groups excluding carboxylic acids is 2. The minimum absolute atomic E-state index is 0.201. The predicted octanol–water partition coefficient (Wildman–Crippen LogP) is 1.85. The van der Waals surface area contributed by atoms with E-state index in [1.165, 1.54) is 4.90 Å². The largest absolute Gasteiger partial charge is 0.325 e. The molecule has 1 N–H and O–H groups in total. The third-order valence-electron chi connectivity index (χ3n) is 2.93. The number of alkyl halides is 1. The summed E-state index contributed by atoms with van der Waals surface area (Å²) in [5, 5.41) is 3.33. The fraction of sp³-hybridized carbons (Fsp3) is 0.333. The molecule has 1 aliphatic rings. The highest BCUT2D eigenvalue weighted by molar-refractivity contribution is 9.09. The second-order valence-electron chi connectivity index (χ2n) is 4.07. The Morgan fingerprint density at radius 2 is 1.94 bits per heavy atom. The van der Waals surface area contributed by atoms with Crippen LogP contribution in [0.4, 0.5) is 4.79 Å². The van der Waals surface area contributed by atoms with Crippen LogP contribution in [0.2, 0.25) is 0 Å². The number of nitrogens with zero attached hydrogens (tertiary/aromatic N) is 1. The number of nitrogens with one attached hydrogen (secondary N) is 1. The Morgan fingerprint density at radius 3 is 2.53 bits per heavy atom. The van der Waals surface area contributed by atoms with Gasteiger partial charge in [-0.15, -0.1) is 0 Å². The fourth-order valence-corrected chi connectivity index (χ4v) is 2.31. The molecule has 3 amide bonds. The van der Waals surface area contributed by atoms with Crippen molar-refractivity contribution in [3.63, 3.8) is 0 Å². The maximum atomic E-state index is 12.2. The molecule has 1 saturated heterocycles. The first-order valence-electron chi connectivity index (χ1n) is 5.35. The standard InChI is InChI=1S/C12H13BrN2O2/c1-12(9-5-3-2-4-6-9)10(16)15(8-7-13)11(17)14-12/h2-6H,7-8H2,1H3,(H,14,17). The van der Waals surface area contributed by atoms with Crippen molar-refractivity contribution in [2.24, 2.45) is 0 Å². The summed E-state index contributed by atoms with van der Waals surface area (Å²) in [5.41, 5.74) is -0.143. The van der Waals surface area contributed by atoms with E-state index >= 15 is 0 Å². The summed E-state index contributed by atoms with van der Waals surface area (Å²) >= 11 is 3.23. The van der Waals surface area contributed by atoms with Gasteiger partial charge in [0.15, 0.2) is 0 Å². The Labute approximate surface area is 108 Å². The monoisotopic (exact) mass is 296 g/mol. The fourth-order valence-electron chi connectivity index (χ4n) is 1.95. The molecule has 4 nitrogen and oxygen atoms in total. The summed E-state index contributed by atoms with van der Waals surface area (Å²) < 4.78 is 0. The van der Waals surface area contributed by atoms with E-state index < -0.39 is 5.54 Å². The topological polar surface area (TPSA) is 49.4 Å². The normalized spacial score (nSPS) is 24.0. The molecular weight excluding hydrogens is 284 g/mol. The van der Waals surface area contributed by atoms with Crippen molar-refractivity contribution in [3.05, 3.63) is 35.9 Å². The average molecular weight is 297 g/mol. The first-order chi connectivity index (χ1) is 8.09. The van der Waals surface area contributed by atoms with Crippen LogP contribution < -0.4 is 5.32 Å². The van der Waals surface area contributed by atoms with Gasteiger partial charge in [0.25, 0.3) is 5.91 Å². The lowest BCUT2D eigenvalue weighted by Crippen LogP contribution is -2.41. The lowest BCUT2D eigenvalue weighted by Gasteiger charge is -2.21. The van der Waals surface area contributed by atoms with Gasteiger partial charge in [0.05, 0.1) is 0 Å². The van der Waals surface area contributed by atoms with Gasteiger partial charge in [-0.1, -0.05) is 46.3 Å². The highest BCUT2D eigenvalue weighted by atomic mass is 79.9. The Balaban J connectivity index is 2.35. The second kappa shape index (κ2) is 4.49. The SMILES string of the molecule is CC1(c2ccccc2)NC(=O)N(CCBr)C1=O. The van der Waals surface area contributed by atoms with Crippen LogP contribution in [0.1, 0.15) is 12.5 Å². The van der Waals surface area contributed by atoms with Gasteiger partial charge in [-0.3, -0.25) is 9.69 Å². The smallest absolute Gasteiger partial charge is 0.319 e. The molecule has 90 valence electrons. The van der Waals surface area contributed by atoms with Crippen molar-refractivity contribution < 1.29 is 9.59 Å². The van der Waals surface area contributed by atoms with Gasteiger partial charge < -0.3 is 5.32 Å². The van der Waals surface area contributed by atoms with Crippen LogP contribution in [-0.2, 0) is 10.3 Å². The molecule has 1 heterocycles. The van der Waals surface area contributed by atoms with Crippen molar-refractivity contribution in [2.75, 3.05) is 11.9 Å². The quantitative estimate of drug-likeness (QED) is 0.684. The van der Waals surface area contributed by atoms with E-state index in [4.69, 9.17) is 0 Å². The zero-order valence-electron chi connectivity index (χ0n) is 9.44. The summed E-state index contributed by atoms with van der Waals surface area (Å²) in [7, 11) is 0. The minimum Gasteiger partial charge on any atom is -0.319 e. The third kappa shape index (κ3) is 1.95. The predicted molar refractivity (Wildman–Crippen MR) is 67.8 cm³/mol. The number of amides is 3. The van der Waals surface area contributed by atoms with Gasteiger partial charge in [-0.05, 0) is 12.5 Å². The molecule has 0 spiro atoms. The van der Waals surface area contributed by atoms with Gasteiger partial charge in [-0.2, -0.15) is 0 Å². The number of hydrogen-bond donors (Lipinski definition) is 1. The lowest BCUT2D eigenvalue weighted by molar-refractivity contribution is -0.130. The van der Waals surface area contributed by atoms with E-state index in [0.717, 1.165) is 5.56 Å². The molecule has 0 bridgehead atoms. The summed E-state index contributed by atoms with van der Waals surface area (Å²) in [5.74, 6) is -0.201. The van der Waals surface area contributed by atoms with Crippen LogP contribution >= 0.6 is 15.9 Å². The Bertz CT molecular complexity index is 449. The molecule has 0 radical (unpaired) electrons. The number of urea groups is 1. The molecular formula is C12H13BrN2O2. The Kier molecular flexibility index (Phi) is 3.19. The molecule has 1 unspecified atom stereocenters. The molecule has 2 rings (SSSR count). The van der Waals surface area contributed by atoms with E-state index in [9.17, 15) is 9.59 Å². The highest BCUT2D eigenvalue weighted by Crippen LogP contribution is 2.28. The summed E-state index contributed by atoms with van der Waals surface area (Å²) in [6.07, 6.45) is 0. The first kappa shape index (κ1) is 12.1.